The van der Waals surface area contributed by atoms with Crippen molar-refractivity contribution >= 4 is 5.91 Å². The highest BCUT2D eigenvalue weighted by molar-refractivity contribution is 5.94. The van der Waals surface area contributed by atoms with E-state index < -0.39 is 23.6 Å². The molecule has 0 saturated carbocycles. The number of rotatable bonds is 4. The van der Waals surface area contributed by atoms with Gasteiger partial charge >= 0.3 is 6.18 Å². The summed E-state index contributed by atoms with van der Waals surface area (Å²) in [5, 5.41) is 2.46. The highest BCUT2D eigenvalue weighted by Crippen LogP contribution is 2.27. The Labute approximate surface area is 157 Å². The monoisotopic (exact) mass is 390 g/mol. The van der Waals surface area contributed by atoms with E-state index in [1.54, 1.807) is 18.2 Å². The zero-order valence-electron chi connectivity index (χ0n) is 14.6. The number of benzene rings is 1. The average molecular weight is 390 g/mol. The number of hydrogen-bond acceptors (Lipinski definition) is 4. The van der Waals surface area contributed by atoms with Crippen molar-refractivity contribution in [3.8, 4) is 11.3 Å². The van der Waals surface area contributed by atoms with Crippen LogP contribution in [-0.2, 0) is 12.7 Å². The fourth-order valence-corrected chi connectivity index (χ4v) is 2.46. The Morgan fingerprint density at radius 2 is 1.89 bits per heavy atom. The Morgan fingerprint density at radius 1 is 1.11 bits per heavy atom. The van der Waals surface area contributed by atoms with Gasteiger partial charge < -0.3 is 5.32 Å². The second kappa shape index (κ2) is 7.71. The summed E-state index contributed by atoms with van der Waals surface area (Å²) in [6.07, 6.45) is -3.29. The predicted molar refractivity (Wildman–Crippen MR) is 92.6 cm³/mol. The number of amides is 1. The van der Waals surface area contributed by atoms with Gasteiger partial charge in [-0.3, -0.25) is 9.78 Å². The van der Waals surface area contributed by atoms with Gasteiger partial charge in [0.2, 0.25) is 0 Å². The van der Waals surface area contributed by atoms with Gasteiger partial charge in [-0.25, -0.2) is 14.4 Å². The minimum Gasteiger partial charge on any atom is -0.345 e. The Morgan fingerprint density at radius 3 is 2.54 bits per heavy atom. The van der Waals surface area contributed by atoms with Crippen molar-refractivity contribution in [2.75, 3.05) is 0 Å². The van der Waals surface area contributed by atoms with Crippen molar-refractivity contribution in [3.05, 3.63) is 77.3 Å². The lowest BCUT2D eigenvalue weighted by Crippen LogP contribution is -2.25. The summed E-state index contributed by atoms with van der Waals surface area (Å²) in [4.78, 5) is 23.6. The van der Waals surface area contributed by atoms with E-state index in [0.29, 0.717) is 11.3 Å². The molecule has 2 heterocycles. The topological polar surface area (TPSA) is 67.8 Å². The van der Waals surface area contributed by atoms with Crippen molar-refractivity contribution in [1.82, 2.24) is 20.3 Å². The molecule has 1 N–H and O–H groups in total. The van der Waals surface area contributed by atoms with E-state index in [9.17, 15) is 22.4 Å². The number of alkyl halides is 3. The van der Waals surface area contributed by atoms with E-state index in [1.807, 2.05) is 0 Å². The molecule has 3 rings (SSSR count). The summed E-state index contributed by atoms with van der Waals surface area (Å²) >= 11 is 0. The highest BCUT2D eigenvalue weighted by atomic mass is 19.4. The Hall–Kier alpha value is -3.36. The fraction of sp³-hybridized carbons (Fsp3) is 0.158. The average Bonchev–Trinajstić information content (AvgIpc) is 2.65. The number of pyridine rings is 1. The highest BCUT2D eigenvalue weighted by Gasteiger charge is 2.33. The molecule has 2 aromatic heterocycles. The molecular formula is C19H14F4N4O. The number of nitrogens with one attached hydrogen (secondary N) is 1. The largest absolute Gasteiger partial charge is 0.433 e. The lowest BCUT2D eigenvalue weighted by molar-refractivity contribution is -0.141. The first-order valence-corrected chi connectivity index (χ1v) is 8.14. The van der Waals surface area contributed by atoms with Gasteiger partial charge in [-0.15, -0.1) is 0 Å². The Kier molecular flexibility index (Phi) is 5.34. The summed E-state index contributed by atoms with van der Waals surface area (Å²) in [7, 11) is 0. The maximum Gasteiger partial charge on any atom is 0.433 e. The summed E-state index contributed by atoms with van der Waals surface area (Å²) < 4.78 is 51.7. The number of carbonyl (C=O) groups excluding carboxylic acids is 1. The van der Waals surface area contributed by atoms with Crippen molar-refractivity contribution < 1.29 is 22.4 Å². The molecule has 0 spiro atoms. The van der Waals surface area contributed by atoms with Gasteiger partial charge in [-0.1, -0.05) is 12.1 Å². The molecule has 144 valence electrons. The molecule has 5 nitrogen and oxygen atoms in total. The Balaban J connectivity index is 1.69. The van der Waals surface area contributed by atoms with Crippen LogP contribution in [0.5, 0.6) is 0 Å². The summed E-state index contributed by atoms with van der Waals surface area (Å²) in [6, 6.07) is 9.72. The number of carbonyl (C=O) groups is 1. The predicted octanol–water partition coefficient (Wildman–Crippen LogP) is 3.93. The number of nitrogens with zero attached hydrogens (tertiary/aromatic N) is 3. The molecule has 1 aromatic carbocycles. The van der Waals surface area contributed by atoms with Crippen LogP contribution in [0.2, 0.25) is 0 Å². The van der Waals surface area contributed by atoms with Crippen LogP contribution in [0, 0.1) is 12.7 Å². The first kappa shape index (κ1) is 19.4. The number of halogens is 4. The maximum absolute atomic E-state index is 13.3. The molecule has 28 heavy (non-hydrogen) atoms. The van der Waals surface area contributed by atoms with Crippen LogP contribution in [0.1, 0.15) is 27.6 Å². The van der Waals surface area contributed by atoms with E-state index in [-0.39, 0.29) is 23.6 Å². The van der Waals surface area contributed by atoms with Gasteiger partial charge in [0.25, 0.3) is 5.91 Å². The summed E-state index contributed by atoms with van der Waals surface area (Å²) in [5.41, 5.74) is 0.314. The zero-order valence-corrected chi connectivity index (χ0v) is 14.6. The van der Waals surface area contributed by atoms with E-state index >= 15 is 0 Å². The van der Waals surface area contributed by atoms with Crippen molar-refractivity contribution in [3.63, 3.8) is 0 Å². The SMILES string of the molecule is Cc1cc(C(F)(F)F)nc(CNC(=O)c2ccc(-c3cccc(F)c3)nc2)n1. The second-order valence-corrected chi connectivity index (χ2v) is 5.93. The first-order valence-electron chi connectivity index (χ1n) is 8.14. The molecule has 1 amide bonds. The van der Waals surface area contributed by atoms with Crippen LogP contribution in [0.15, 0.2) is 48.7 Å². The van der Waals surface area contributed by atoms with E-state index in [0.717, 1.165) is 6.07 Å². The van der Waals surface area contributed by atoms with Gasteiger partial charge in [0.15, 0.2) is 0 Å². The summed E-state index contributed by atoms with van der Waals surface area (Å²) in [6.45, 7) is 1.15. The molecule has 0 atom stereocenters. The Bertz CT molecular complexity index is 1000. The number of aryl methyl sites for hydroxylation is 1. The molecule has 9 heteroatoms. The van der Waals surface area contributed by atoms with Crippen LogP contribution in [0.4, 0.5) is 17.6 Å². The van der Waals surface area contributed by atoms with E-state index in [2.05, 4.69) is 20.3 Å². The minimum absolute atomic E-state index is 0.146. The van der Waals surface area contributed by atoms with Crippen molar-refractivity contribution in [2.24, 2.45) is 0 Å². The van der Waals surface area contributed by atoms with Crippen molar-refractivity contribution in [2.45, 2.75) is 19.6 Å². The van der Waals surface area contributed by atoms with Crippen LogP contribution < -0.4 is 5.32 Å². The van der Waals surface area contributed by atoms with Gasteiger partial charge in [0, 0.05) is 17.5 Å². The summed E-state index contributed by atoms with van der Waals surface area (Å²) in [5.74, 6) is -1.10. The standard InChI is InChI=1S/C19H14F4N4O/c1-11-7-16(19(21,22)23)27-17(26-11)10-25-18(28)13-5-6-15(24-9-13)12-3-2-4-14(20)8-12/h2-9H,10H2,1H3,(H,25,28). The van der Waals surface area contributed by atoms with Gasteiger partial charge in [-0.2, -0.15) is 13.2 Å². The van der Waals surface area contributed by atoms with Crippen LogP contribution >= 0.6 is 0 Å². The number of hydrogen-bond donors (Lipinski definition) is 1. The van der Waals surface area contributed by atoms with Crippen LogP contribution in [-0.4, -0.2) is 20.9 Å². The van der Waals surface area contributed by atoms with E-state index in [4.69, 9.17) is 0 Å². The van der Waals surface area contributed by atoms with Gasteiger partial charge in [-0.05, 0) is 37.3 Å². The van der Waals surface area contributed by atoms with Crippen LogP contribution in [0.25, 0.3) is 11.3 Å². The fourth-order valence-electron chi connectivity index (χ4n) is 2.46. The molecule has 0 unspecified atom stereocenters. The lowest BCUT2D eigenvalue weighted by atomic mass is 10.1. The first-order chi connectivity index (χ1) is 13.2. The van der Waals surface area contributed by atoms with Gasteiger partial charge in [0.1, 0.15) is 17.3 Å². The maximum atomic E-state index is 13.3. The third kappa shape index (κ3) is 4.67. The molecular weight excluding hydrogens is 376 g/mol. The molecule has 0 aliphatic rings. The smallest absolute Gasteiger partial charge is 0.345 e. The van der Waals surface area contributed by atoms with E-state index in [1.165, 1.54) is 31.3 Å². The molecule has 0 aliphatic heterocycles. The molecule has 0 radical (unpaired) electrons. The molecule has 0 aliphatic carbocycles. The third-order valence-electron chi connectivity index (χ3n) is 3.74. The van der Waals surface area contributed by atoms with Crippen molar-refractivity contribution in [1.29, 1.82) is 0 Å². The minimum atomic E-state index is -4.59. The zero-order chi connectivity index (χ0) is 20.3. The molecule has 0 saturated heterocycles. The lowest BCUT2D eigenvalue weighted by Gasteiger charge is -2.10. The third-order valence-corrected chi connectivity index (χ3v) is 3.74. The molecule has 0 bridgehead atoms. The quantitative estimate of drug-likeness (QED) is 0.686. The normalized spacial score (nSPS) is 11.3. The van der Waals surface area contributed by atoms with Gasteiger partial charge in [0.05, 0.1) is 17.8 Å². The second-order valence-electron chi connectivity index (χ2n) is 5.93. The molecule has 3 aromatic rings. The van der Waals surface area contributed by atoms with Crippen LogP contribution in [0.3, 0.4) is 0 Å². The number of aromatic nitrogens is 3. The molecule has 0 fully saturated rings.